The number of esters is 4. The van der Waals surface area contributed by atoms with Crippen LogP contribution in [-0.2, 0) is 66.8 Å². The maximum Gasteiger partial charge on any atom is 0.339 e. The molecule has 6 fully saturated rings. The summed E-state index contributed by atoms with van der Waals surface area (Å²) in [6.07, 6.45) is -6.29. The molecule has 1 saturated carbocycles. The quantitative estimate of drug-likeness (QED) is 0.196. The Morgan fingerprint density at radius 2 is 1.29 bits per heavy atom. The van der Waals surface area contributed by atoms with E-state index in [1.165, 1.54) is 0 Å². The topological polar surface area (TPSA) is 161 Å². The number of carbonyl (C=O) groups excluding carboxylic acids is 4. The number of hydrogen-bond donors (Lipinski definition) is 0. The number of methoxy groups -OCH3 is 1. The molecule has 13 atom stereocenters. The predicted octanol–water partition coefficient (Wildman–Crippen LogP) is 3.81. The van der Waals surface area contributed by atoms with E-state index in [2.05, 4.69) is 6.92 Å². The minimum absolute atomic E-state index is 0.111. The molecule has 1 aliphatic carbocycles. The molecule has 1 spiro atoms. The highest BCUT2D eigenvalue weighted by Gasteiger charge is 2.70. The van der Waals surface area contributed by atoms with Crippen molar-refractivity contribution >= 4 is 23.9 Å². The normalized spacial score (nSPS) is 42.1. The van der Waals surface area contributed by atoms with Gasteiger partial charge in [-0.25, -0.2) is 14.6 Å². The van der Waals surface area contributed by atoms with Gasteiger partial charge < -0.3 is 37.9 Å². The summed E-state index contributed by atoms with van der Waals surface area (Å²) in [5.74, 6) is -5.76. The Bertz CT molecular complexity index is 1220. The van der Waals surface area contributed by atoms with Gasteiger partial charge in [0.25, 0.3) is 0 Å². The van der Waals surface area contributed by atoms with Crippen LogP contribution in [0.15, 0.2) is 0 Å². The summed E-state index contributed by atoms with van der Waals surface area (Å²) in [6, 6.07) is 0. The average Bonchev–Trinajstić information content (AvgIpc) is 3.26. The van der Waals surface area contributed by atoms with Crippen LogP contribution in [0.5, 0.6) is 0 Å². The molecular formula is C34H52O14. The molecule has 0 amide bonds. The monoisotopic (exact) mass is 684 g/mol. The Hall–Kier alpha value is -2.36. The lowest BCUT2D eigenvalue weighted by Gasteiger charge is -2.60. The standard InChI is InChI=1S/C34H52O14/c1-15(2)26(35)40-22-23(41-27(36)16(3)4)25(42-28(37)17(5)6)31(43-24(22)29(38)39-10)44-30-19(8)21-12-11-18(7)20-13-14-33(9)46-32(45-30)34(20,21)48-47-33/h15-25,30-32H,11-14H2,1-10H3/t18-,19-,20+,21+,22+,23+,24+,25-,30-,31+,32-,33+,34-/m1/s1. The second kappa shape index (κ2) is 14.1. The molecule has 0 N–H and O–H groups in total. The SMILES string of the molecule is COC(=O)[C@H]1O[C@@H](O[C@@H]2O[C@@H]3O[C@]4(C)CC[C@H]5[C@H](C)CC[C@@H]([C@H]2C)[C@@]35OO4)[C@H](OC(=O)C(C)C)[C@@H](OC(=O)C(C)C)[C@@H]1OC(=O)C(C)C. The molecule has 0 aromatic rings. The first kappa shape index (κ1) is 36.9. The Labute approximate surface area is 281 Å². The van der Waals surface area contributed by atoms with Crippen molar-refractivity contribution in [3.63, 3.8) is 0 Å². The van der Waals surface area contributed by atoms with Crippen molar-refractivity contribution in [1.29, 1.82) is 0 Å². The molecule has 272 valence electrons. The zero-order valence-corrected chi connectivity index (χ0v) is 29.6. The van der Waals surface area contributed by atoms with E-state index in [0.29, 0.717) is 12.3 Å². The fraction of sp³-hybridized carbons (Fsp3) is 0.882. The van der Waals surface area contributed by atoms with Gasteiger partial charge in [0.05, 0.1) is 24.9 Å². The molecule has 5 heterocycles. The van der Waals surface area contributed by atoms with Crippen LogP contribution < -0.4 is 0 Å². The van der Waals surface area contributed by atoms with Gasteiger partial charge in [-0.3, -0.25) is 14.4 Å². The van der Waals surface area contributed by atoms with Gasteiger partial charge in [0.2, 0.25) is 12.1 Å². The maximum atomic E-state index is 13.2. The van der Waals surface area contributed by atoms with Crippen LogP contribution in [-0.4, -0.2) is 85.7 Å². The van der Waals surface area contributed by atoms with Crippen LogP contribution in [0.1, 0.15) is 88.0 Å². The number of carbonyl (C=O) groups is 4. The first-order valence-electron chi connectivity index (χ1n) is 17.2. The molecule has 14 heteroatoms. The Kier molecular flexibility index (Phi) is 10.8. The van der Waals surface area contributed by atoms with Crippen molar-refractivity contribution in [2.75, 3.05) is 7.11 Å². The molecule has 2 bridgehead atoms. The maximum absolute atomic E-state index is 13.2. The summed E-state index contributed by atoms with van der Waals surface area (Å²) < 4.78 is 48.3. The first-order chi connectivity index (χ1) is 22.5. The zero-order valence-electron chi connectivity index (χ0n) is 29.6. The van der Waals surface area contributed by atoms with Crippen molar-refractivity contribution in [1.82, 2.24) is 0 Å². The lowest BCUT2D eigenvalue weighted by Crippen LogP contribution is -2.71. The van der Waals surface area contributed by atoms with Gasteiger partial charge in [0.1, 0.15) is 0 Å². The number of rotatable bonds is 9. The van der Waals surface area contributed by atoms with Crippen LogP contribution in [0.3, 0.4) is 0 Å². The van der Waals surface area contributed by atoms with Gasteiger partial charge >= 0.3 is 23.9 Å². The van der Waals surface area contributed by atoms with Crippen LogP contribution in [0.2, 0.25) is 0 Å². The van der Waals surface area contributed by atoms with Gasteiger partial charge in [-0.1, -0.05) is 55.4 Å². The fourth-order valence-electron chi connectivity index (χ4n) is 7.58. The van der Waals surface area contributed by atoms with E-state index in [-0.39, 0.29) is 17.8 Å². The van der Waals surface area contributed by atoms with Crippen LogP contribution in [0, 0.1) is 41.4 Å². The minimum Gasteiger partial charge on any atom is -0.467 e. The molecule has 6 rings (SSSR count). The van der Waals surface area contributed by atoms with Crippen LogP contribution in [0.25, 0.3) is 0 Å². The van der Waals surface area contributed by atoms with Crippen LogP contribution in [0.4, 0.5) is 0 Å². The predicted molar refractivity (Wildman–Crippen MR) is 163 cm³/mol. The van der Waals surface area contributed by atoms with Crippen molar-refractivity contribution in [3.05, 3.63) is 0 Å². The average molecular weight is 685 g/mol. The Morgan fingerprint density at radius 1 is 0.708 bits per heavy atom. The lowest BCUT2D eigenvalue weighted by atomic mass is 9.58. The molecular weight excluding hydrogens is 632 g/mol. The number of ether oxygens (including phenoxy) is 8. The third-order valence-corrected chi connectivity index (χ3v) is 10.5. The van der Waals surface area contributed by atoms with Crippen molar-refractivity contribution in [3.8, 4) is 0 Å². The van der Waals surface area contributed by atoms with Crippen molar-refractivity contribution in [2.24, 2.45) is 41.4 Å². The van der Waals surface area contributed by atoms with Gasteiger partial charge in [-0.2, -0.15) is 0 Å². The molecule has 0 radical (unpaired) electrons. The molecule has 14 nitrogen and oxygen atoms in total. The van der Waals surface area contributed by atoms with Gasteiger partial charge in [0, 0.05) is 18.3 Å². The van der Waals surface area contributed by atoms with Gasteiger partial charge in [0.15, 0.2) is 42.6 Å². The zero-order chi connectivity index (χ0) is 35.3. The molecule has 48 heavy (non-hydrogen) atoms. The summed E-state index contributed by atoms with van der Waals surface area (Å²) in [5.41, 5.74) is -0.871. The molecule has 0 unspecified atom stereocenters. The third-order valence-electron chi connectivity index (χ3n) is 10.5. The first-order valence-corrected chi connectivity index (χ1v) is 17.2. The largest absolute Gasteiger partial charge is 0.467 e. The Balaban J connectivity index is 1.53. The minimum atomic E-state index is -1.60. The van der Waals surface area contributed by atoms with E-state index in [0.717, 1.165) is 26.4 Å². The van der Waals surface area contributed by atoms with E-state index in [4.69, 9.17) is 47.7 Å². The third kappa shape index (κ3) is 6.72. The molecule has 5 aliphatic heterocycles. The number of fused-ring (bicyclic) bond motifs is 2. The molecule has 0 aromatic carbocycles. The van der Waals surface area contributed by atoms with E-state index < -0.39 is 96.3 Å². The second-order valence-corrected chi connectivity index (χ2v) is 15.0. The smallest absolute Gasteiger partial charge is 0.339 e. The molecule has 0 aromatic heterocycles. The Morgan fingerprint density at radius 3 is 1.88 bits per heavy atom. The van der Waals surface area contributed by atoms with E-state index in [1.54, 1.807) is 41.5 Å². The van der Waals surface area contributed by atoms with Crippen molar-refractivity contribution < 1.29 is 66.8 Å². The van der Waals surface area contributed by atoms with Crippen molar-refractivity contribution in [2.45, 2.75) is 143 Å². The van der Waals surface area contributed by atoms with E-state index in [1.807, 2.05) is 13.8 Å². The summed E-state index contributed by atoms with van der Waals surface area (Å²) in [6.45, 7) is 15.7. The van der Waals surface area contributed by atoms with Crippen LogP contribution >= 0.6 is 0 Å². The van der Waals surface area contributed by atoms with E-state index in [9.17, 15) is 19.2 Å². The van der Waals surface area contributed by atoms with E-state index >= 15 is 0 Å². The summed E-state index contributed by atoms with van der Waals surface area (Å²) in [5, 5.41) is 0. The highest BCUT2D eigenvalue weighted by molar-refractivity contribution is 5.78. The number of hydrogen-bond acceptors (Lipinski definition) is 14. The second-order valence-electron chi connectivity index (χ2n) is 15.0. The van der Waals surface area contributed by atoms with Gasteiger partial charge in [-0.05, 0) is 38.0 Å². The highest BCUT2D eigenvalue weighted by Crippen LogP contribution is 2.60. The van der Waals surface area contributed by atoms with Gasteiger partial charge in [-0.15, -0.1) is 0 Å². The summed E-state index contributed by atoms with van der Waals surface area (Å²) in [7, 11) is 1.15. The molecule has 5 saturated heterocycles. The molecule has 6 aliphatic rings. The lowest BCUT2D eigenvalue weighted by molar-refractivity contribution is -0.579. The fourth-order valence-corrected chi connectivity index (χ4v) is 7.58. The summed E-state index contributed by atoms with van der Waals surface area (Å²) >= 11 is 0. The summed E-state index contributed by atoms with van der Waals surface area (Å²) in [4.78, 5) is 64.6. The highest BCUT2D eigenvalue weighted by atomic mass is 17.3.